The molecule has 0 aliphatic heterocycles. The highest BCUT2D eigenvalue weighted by atomic mass is 35.5. The van der Waals surface area contributed by atoms with E-state index in [0.29, 0.717) is 17.4 Å². The van der Waals surface area contributed by atoms with Crippen LogP contribution >= 0.6 is 11.6 Å². The number of ether oxygens (including phenoxy) is 1. The second kappa shape index (κ2) is 6.38. The van der Waals surface area contributed by atoms with Gasteiger partial charge in [-0.1, -0.05) is 29.3 Å². The molecule has 0 radical (unpaired) electrons. The fourth-order valence-corrected chi connectivity index (χ4v) is 1.71. The first-order valence-electron chi connectivity index (χ1n) is 6.06. The molecule has 0 saturated heterocycles. The molecular formula is C14H16ClN3O. The molecule has 0 bridgehead atoms. The van der Waals surface area contributed by atoms with Crippen molar-refractivity contribution >= 4 is 17.4 Å². The predicted octanol–water partition coefficient (Wildman–Crippen LogP) is 3.32. The van der Waals surface area contributed by atoms with Gasteiger partial charge in [0, 0.05) is 0 Å². The highest BCUT2D eigenvalue weighted by Gasteiger charge is 2.07. The van der Waals surface area contributed by atoms with Crippen molar-refractivity contribution in [2.75, 3.05) is 11.9 Å². The van der Waals surface area contributed by atoms with Gasteiger partial charge in [-0.2, -0.15) is 0 Å². The number of hydrogen-bond acceptors (Lipinski definition) is 4. The van der Waals surface area contributed by atoms with Crippen molar-refractivity contribution in [1.82, 2.24) is 9.97 Å². The number of aromatic nitrogens is 2. The molecule has 1 heterocycles. The molecule has 4 nitrogen and oxygen atoms in total. The molecule has 0 saturated carbocycles. The van der Waals surface area contributed by atoms with E-state index in [0.717, 1.165) is 5.75 Å². The van der Waals surface area contributed by atoms with Gasteiger partial charge >= 0.3 is 0 Å². The second-order valence-electron chi connectivity index (χ2n) is 4.39. The monoisotopic (exact) mass is 277 g/mol. The Hall–Kier alpha value is -1.81. The van der Waals surface area contributed by atoms with Gasteiger partial charge in [0.15, 0.2) is 0 Å². The molecule has 2 aromatic rings. The van der Waals surface area contributed by atoms with E-state index in [1.165, 1.54) is 11.9 Å². The minimum atomic E-state index is 0.0914. The van der Waals surface area contributed by atoms with E-state index in [9.17, 15) is 0 Å². The van der Waals surface area contributed by atoms with Gasteiger partial charge in [-0.15, -0.1) is 0 Å². The maximum atomic E-state index is 5.97. The quantitative estimate of drug-likeness (QED) is 0.911. The molecule has 1 aromatic carbocycles. The van der Waals surface area contributed by atoms with Crippen LogP contribution in [0.4, 0.5) is 5.82 Å². The minimum Gasteiger partial charge on any atom is -0.491 e. The van der Waals surface area contributed by atoms with Crippen molar-refractivity contribution in [1.29, 1.82) is 0 Å². The summed E-state index contributed by atoms with van der Waals surface area (Å²) in [7, 11) is 0. The van der Waals surface area contributed by atoms with Gasteiger partial charge in [-0.05, 0) is 26.0 Å². The van der Waals surface area contributed by atoms with Gasteiger partial charge in [-0.3, -0.25) is 0 Å². The Labute approximate surface area is 117 Å². The molecule has 19 heavy (non-hydrogen) atoms. The van der Waals surface area contributed by atoms with Gasteiger partial charge in [-0.25, -0.2) is 9.97 Å². The Morgan fingerprint density at radius 3 is 2.74 bits per heavy atom. The lowest BCUT2D eigenvalue weighted by Crippen LogP contribution is -2.24. The molecule has 1 unspecified atom stereocenters. The van der Waals surface area contributed by atoms with Crippen LogP contribution < -0.4 is 10.1 Å². The zero-order valence-electron chi connectivity index (χ0n) is 10.9. The highest BCUT2D eigenvalue weighted by molar-refractivity contribution is 6.32. The summed E-state index contributed by atoms with van der Waals surface area (Å²) in [5, 5.41) is 3.69. The lowest BCUT2D eigenvalue weighted by Gasteiger charge is -2.16. The zero-order valence-corrected chi connectivity index (χ0v) is 11.7. The number of nitrogens with zero attached hydrogens (tertiary/aromatic N) is 2. The molecule has 0 spiro atoms. The molecule has 100 valence electrons. The Balaban J connectivity index is 1.86. The fourth-order valence-electron chi connectivity index (χ4n) is 1.55. The van der Waals surface area contributed by atoms with Crippen LogP contribution in [-0.2, 0) is 0 Å². The van der Waals surface area contributed by atoms with Crippen LogP contribution in [-0.4, -0.2) is 22.6 Å². The van der Waals surface area contributed by atoms with Crippen molar-refractivity contribution in [3.63, 3.8) is 0 Å². The van der Waals surface area contributed by atoms with Crippen LogP contribution in [0.3, 0.4) is 0 Å². The number of anilines is 1. The lowest BCUT2D eigenvalue weighted by atomic mass is 10.2. The summed E-state index contributed by atoms with van der Waals surface area (Å²) in [5.41, 5.74) is 1.21. The summed E-state index contributed by atoms with van der Waals surface area (Å²) in [5.74, 6) is 1.48. The molecule has 1 atom stereocenters. The maximum absolute atomic E-state index is 5.97. The van der Waals surface area contributed by atoms with Gasteiger partial charge in [0.05, 0.1) is 12.2 Å². The summed E-state index contributed by atoms with van der Waals surface area (Å²) in [6.07, 6.45) is 3.02. The molecule has 0 amide bonds. The lowest BCUT2D eigenvalue weighted by molar-refractivity contribution is 0.303. The average molecular weight is 278 g/mol. The van der Waals surface area contributed by atoms with E-state index in [4.69, 9.17) is 16.3 Å². The summed E-state index contributed by atoms with van der Waals surface area (Å²) < 4.78 is 5.69. The minimum absolute atomic E-state index is 0.0914. The van der Waals surface area contributed by atoms with E-state index in [1.807, 2.05) is 38.1 Å². The molecular weight excluding hydrogens is 262 g/mol. The molecule has 1 aromatic heterocycles. The van der Waals surface area contributed by atoms with Crippen molar-refractivity contribution in [2.24, 2.45) is 0 Å². The summed E-state index contributed by atoms with van der Waals surface area (Å²) in [6.45, 7) is 4.58. The van der Waals surface area contributed by atoms with Gasteiger partial charge < -0.3 is 10.1 Å². The van der Waals surface area contributed by atoms with Crippen LogP contribution in [0.25, 0.3) is 0 Å². The first-order chi connectivity index (χ1) is 9.15. The number of rotatable bonds is 5. The van der Waals surface area contributed by atoms with Crippen LogP contribution in [0.5, 0.6) is 5.75 Å². The van der Waals surface area contributed by atoms with Crippen LogP contribution in [0, 0.1) is 6.92 Å². The number of aryl methyl sites for hydroxylation is 1. The topological polar surface area (TPSA) is 47.0 Å². The standard InChI is InChI=1S/C14H16ClN3O/c1-10-3-5-12(6-4-10)19-8-11(2)18-14-13(15)7-16-9-17-14/h3-7,9,11H,8H2,1-2H3,(H,16,17,18). The normalized spacial score (nSPS) is 11.9. The van der Waals surface area contributed by atoms with E-state index < -0.39 is 0 Å². The number of hydrogen-bond donors (Lipinski definition) is 1. The molecule has 2 rings (SSSR count). The van der Waals surface area contributed by atoms with Crippen LogP contribution in [0.15, 0.2) is 36.8 Å². The third-order valence-corrected chi connectivity index (χ3v) is 2.85. The number of halogens is 1. The maximum Gasteiger partial charge on any atom is 0.148 e. The van der Waals surface area contributed by atoms with Gasteiger partial charge in [0.25, 0.3) is 0 Å². The van der Waals surface area contributed by atoms with Crippen molar-refractivity contribution < 1.29 is 4.74 Å². The second-order valence-corrected chi connectivity index (χ2v) is 4.80. The van der Waals surface area contributed by atoms with E-state index in [2.05, 4.69) is 15.3 Å². The van der Waals surface area contributed by atoms with Crippen molar-refractivity contribution in [2.45, 2.75) is 19.9 Å². The van der Waals surface area contributed by atoms with Crippen molar-refractivity contribution in [3.05, 3.63) is 47.4 Å². The Kier molecular flexibility index (Phi) is 4.58. The van der Waals surface area contributed by atoms with E-state index in [-0.39, 0.29) is 6.04 Å². The smallest absolute Gasteiger partial charge is 0.148 e. The Morgan fingerprint density at radius 1 is 1.32 bits per heavy atom. The highest BCUT2D eigenvalue weighted by Crippen LogP contribution is 2.17. The average Bonchev–Trinajstić information content (AvgIpc) is 2.41. The first kappa shape index (κ1) is 13.6. The molecule has 5 heteroatoms. The first-order valence-corrected chi connectivity index (χ1v) is 6.44. The third-order valence-electron chi connectivity index (χ3n) is 2.57. The zero-order chi connectivity index (χ0) is 13.7. The molecule has 0 aliphatic rings. The summed E-state index contributed by atoms with van der Waals surface area (Å²) in [6, 6.07) is 8.05. The largest absolute Gasteiger partial charge is 0.491 e. The Bertz CT molecular complexity index is 530. The fraction of sp³-hybridized carbons (Fsp3) is 0.286. The van der Waals surface area contributed by atoms with Crippen molar-refractivity contribution in [3.8, 4) is 5.75 Å². The van der Waals surface area contributed by atoms with Crippen LogP contribution in [0.2, 0.25) is 5.02 Å². The van der Waals surface area contributed by atoms with Crippen LogP contribution in [0.1, 0.15) is 12.5 Å². The molecule has 0 fully saturated rings. The SMILES string of the molecule is Cc1ccc(OCC(C)Nc2ncncc2Cl)cc1. The van der Waals surface area contributed by atoms with E-state index >= 15 is 0 Å². The number of benzene rings is 1. The van der Waals surface area contributed by atoms with Gasteiger partial charge in [0.2, 0.25) is 0 Å². The molecule has 1 N–H and O–H groups in total. The molecule has 0 aliphatic carbocycles. The number of nitrogens with one attached hydrogen (secondary N) is 1. The summed E-state index contributed by atoms with van der Waals surface area (Å²) in [4.78, 5) is 7.91. The van der Waals surface area contributed by atoms with Gasteiger partial charge in [0.1, 0.15) is 29.5 Å². The third kappa shape index (κ3) is 4.10. The predicted molar refractivity (Wildman–Crippen MR) is 76.8 cm³/mol. The summed E-state index contributed by atoms with van der Waals surface area (Å²) >= 11 is 5.97. The Morgan fingerprint density at radius 2 is 2.05 bits per heavy atom. The van der Waals surface area contributed by atoms with E-state index in [1.54, 1.807) is 6.20 Å².